The van der Waals surface area contributed by atoms with Crippen LogP contribution < -0.4 is 5.56 Å². The molecule has 0 bridgehead atoms. The maximum atomic E-state index is 12.9. The van der Waals surface area contributed by atoms with Gasteiger partial charge in [0.2, 0.25) is 0 Å². The van der Waals surface area contributed by atoms with E-state index in [0.717, 1.165) is 42.4 Å². The van der Waals surface area contributed by atoms with Crippen LogP contribution in [0.5, 0.6) is 0 Å². The van der Waals surface area contributed by atoms with Gasteiger partial charge in [0.1, 0.15) is 5.60 Å². The van der Waals surface area contributed by atoms with Crippen molar-refractivity contribution in [2.24, 2.45) is 0 Å². The second-order valence-electron chi connectivity index (χ2n) is 9.44. The monoisotopic (exact) mass is 444 g/mol. The van der Waals surface area contributed by atoms with Crippen LogP contribution in [0.4, 0.5) is 4.79 Å². The first-order chi connectivity index (χ1) is 15.9. The van der Waals surface area contributed by atoms with Crippen molar-refractivity contribution in [1.82, 2.24) is 19.9 Å². The lowest BCUT2D eigenvalue weighted by Gasteiger charge is -2.38. The third-order valence-electron chi connectivity index (χ3n) is 6.90. The summed E-state index contributed by atoms with van der Waals surface area (Å²) in [6.45, 7) is 3.95. The Morgan fingerprint density at radius 3 is 2.39 bits per heavy atom. The van der Waals surface area contributed by atoms with Crippen LogP contribution in [0.2, 0.25) is 0 Å². The second kappa shape index (κ2) is 8.46. The van der Waals surface area contributed by atoms with Crippen molar-refractivity contribution in [2.75, 3.05) is 0 Å². The Hall–Kier alpha value is -3.48. The number of nitrogens with one attached hydrogen (secondary N) is 1. The number of carbonyl (C=O) groups excluding carboxylic acids is 1. The molecule has 1 saturated carbocycles. The van der Waals surface area contributed by atoms with Crippen LogP contribution in [0.3, 0.4) is 0 Å². The second-order valence-corrected chi connectivity index (χ2v) is 9.44. The number of ether oxygens (including phenoxy) is 1. The number of amides is 1. The normalized spacial score (nSPS) is 24.5. The highest BCUT2D eigenvalue weighted by molar-refractivity contribution is 5.72. The van der Waals surface area contributed by atoms with E-state index in [-0.39, 0.29) is 29.7 Å². The van der Waals surface area contributed by atoms with Gasteiger partial charge in [-0.1, -0.05) is 30.3 Å². The first-order valence-corrected chi connectivity index (χ1v) is 11.5. The smallest absolute Gasteiger partial charge is 0.411 e. The van der Waals surface area contributed by atoms with Crippen molar-refractivity contribution in [3.63, 3.8) is 0 Å². The molecule has 7 heteroatoms. The highest BCUT2D eigenvalue weighted by Gasteiger charge is 2.51. The molecule has 0 spiro atoms. The Morgan fingerprint density at radius 2 is 1.70 bits per heavy atom. The molecule has 2 aliphatic rings. The van der Waals surface area contributed by atoms with Gasteiger partial charge in [0.25, 0.3) is 5.56 Å². The fourth-order valence-electron chi connectivity index (χ4n) is 5.38. The zero-order chi connectivity index (χ0) is 23.0. The van der Waals surface area contributed by atoms with E-state index in [0.29, 0.717) is 5.82 Å². The lowest BCUT2D eigenvalue weighted by molar-refractivity contribution is 0.0664. The molecule has 1 aliphatic heterocycles. The van der Waals surface area contributed by atoms with Gasteiger partial charge in [0, 0.05) is 35.8 Å². The van der Waals surface area contributed by atoms with Crippen molar-refractivity contribution in [3.05, 3.63) is 82.5 Å². The summed E-state index contributed by atoms with van der Waals surface area (Å²) in [6, 6.07) is 13.7. The van der Waals surface area contributed by atoms with E-state index in [4.69, 9.17) is 4.74 Å². The zero-order valence-corrected chi connectivity index (χ0v) is 18.9. The maximum absolute atomic E-state index is 12.9. The third-order valence-corrected chi connectivity index (χ3v) is 6.90. The standard InChI is InChI=1S/C26H28N4O3/c1-26(2)22(18-7-4-3-5-8-18)30(25(32)33-26)20-11-9-17(10-12-20)21-15-19(16-29-24(21)31)23-27-13-6-14-28-23/h3-8,13-17,20,22H,9-12H2,1-2H3,(H,29,31)/t17?,20?,22-/m0/s1. The van der Waals surface area contributed by atoms with Crippen LogP contribution >= 0.6 is 0 Å². The summed E-state index contributed by atoms with van der Waals surface area (Å²) in [5.74, 6) is 0.729. The zero-order valence-electron chi connectivity index (χ0n) is 18.9. The number of aromatic nitrogens is 3. The molecule has 1 aliphatic carbocycles. The molecule has 1 aromatic carbocycles. The van der Waals surface area contributed by atoms with Gasteiger partial charge in [-0.15, -0.1) is 0 Å². The highest BCUT2D eigenvalue weighted by atomic mass is 16.6. The number of cyclic esters (lactones) is 1. The summed E-state index contributed by atoms with van der Waals surface area (Å²) < 4.78 is 5.79. The number of rotatable bonds is 4. The van der Waals surface area contributed by atoms with Gasteiger partial charge in [-0.2, -0.15) is 0 Å². The average Bonchev–Trinajstić information content (AvgIpc) is 3.08. The molecule has 2 aromatic heterocycles. The van der Waals surface area contributed by atoms with Gasteiger partial charge in [0.15, 0.2) is 5.82 Å². The fourth-order valence-corrected chi connectivity index (χ4v) is 5.38. The molecule has 2 fully saturated rings. The molecule has 1 atom stereocenters. The molecule has 170 valence electrons. The van der Waals surface area contributed by atoms with Gasteiger partial charge in [-0.05, 0) is 63.1 Å². The SMILES string of the molecule is CC1(C)OC(=O)N(C2CCC(c3cc(-c4ncccn4)c[nH]c3=O)CC2)[C@H]1c1ccccc1. The first-order valence-electron chi connectivity index (χ1n) is 11.5. The van der Waals surface area contributed by atoms with Crippen LogP contribution in [0.1, 0.15) is 62.6 Å². The summed E-state index contributed by atoms with van der Waals surface area (Å²) in [6.07, 6.45) is 8.11. The number of hydrogen-bond acceptors (Lipinski definition) is 5. The van der Waals surface area contributed by atoms with Crippen LogP contribution in [0, 0.1) is 0 Å². The molecule has 5 rings (SSSR count). The Balaban J connectivity index is 1.36. The van der Waals surface area contributed by atoms with Gasteiger partial charge in [0.05, 0.1) is 6.04 Å². The number of benzene rings is 1. The number of H-pyrrole nitrogens is 1. The minimum Gasteiger partial charge on any atom is -0.441 e. The lowest BCUT2D eigenvalue weighted by Crippen LogP contribution is -2.42. The number of carbonyl (C=O) groups is 1. The molecular formula is C26H28N4O3. The van der Waals surface area contributed by atoms with E-state index in [1.54, 1.807) is 24.7 Å². The molecular weight excluding hydrogens is 416 g/mol. The summed E-state index contributed by atoms with van der Waals surface area (Å²) >= 11 is 0. The Kier molecular flexibility index (Phi) is 5.48. The summed E-state index contributed by atoms with van der Waals surface area (Å²) in [7, 11) is 0. The molecule has 0 unspecified atom stereocenters. The summed E-state index contributed by atoms with van der Waals surface area (Å²) in [5, 5.41) is 0. The van der Waals surface area contributed by atoms with E-state index in [9.17, 15) is 9.59 Å². The fraction of sp³-hybridized carbons (Fsp3) is 0.385. The van der Waals surface area contributed by atoms with Gasteiger partial charge >= 0.3 is 6.09 Å². The van der Waals surface area contributed by atoms with E-state index in [1.165, 1.54) is 0 Å². The predicted octanol–water partition coefficient (Wildman–Crippen LogP) is 4.83. The van der Waals surface area contributed by atoms with Crippen molar-refractivity contribution >= 4 is 6.09 Å². The molecule has 0 radical (unpaired) electrons. The molecule has 33 heavy (non-hydrogen) atoms. The number of aromatic amines is 1. The summed E-state index contributed by atoms with van der Waals surface area (Å²) in [5.41, 5.74) is 1.99. The van der Waals surface area contributed by atoms with Crippen molar-refractivity contribution in [2.45, 2.75) is 63.1 Å². The minimum absolute atomic E-state index is 0.0676. The summed E-state index contributed by atoms with van der Waals surface area (Å²) in [4.78, 5) is 38.9. The molecule has 7 nitrogen and oxygen atoms in total. The maximum Gasteiger partial charge on any atom is 0.411 e. The van der Waals surface area contributed by atoms with Gasteiger partial charge in [-0.25, -0.2) is 14.8 Å². The first kappa shape index (κ1) is 21.4. The molecule has 3 aromatic rings. The molecule has 1 saturated heterocycles. The Labute approximate surface area is 192 Å². The topological polar surface area (TPSA) is 88.2 Å². The minimum atomic E-state index is -0.601. The highest BCUT2D eigenvalue weighted by Crippen LogP contribution is 2.45. The average molecular weight is 445 g/mol. The van der Waals surface area contributed by atoms with E-state index in [2.05, 4.69) is 27.1 Å². The van der Waals surface area contributed by atoms with Crippen LogP contribution in [0.15, 0.2) is 65.8 Å². The quantitative estimate of drug-likeness (QED) is 0.623. The van der Waals surface area contributed by atoms with E-state index < -0.39 is 5.60 Å². The number of nitrogens with zero attached hydrogens (tertiary/aromatic N) is 3. The van der Waals surface area contributed by atoms with E-state index >= 15 is 0 Å². The van der Waals surface area contributed by atoms with Crippen LogP contribution in [-0.4, -0.2) is 37.6 Å². The van der Waals surface area contributed by atoms with Crippen LogP contribution in [0.25, 0.3) is 11.4 Å². The molecule has 1 amide bonds. The Morgan fingerprint density at radius 1 is 1.00 bits per heavy atom. The number of pyridine rings is 1. The lowest BCUT2D eigenvalue weighted by atomic mass is 9.80. The molecule has 1 N–H and O–H groups in total. The van der Waals surface area contributed by atoms with Crippen molar-refractivity contribution in [1.29, 1.82) is 0 Å². The van der Waals surface area contributed by atoms with Crippen molar-refractivity contribution in [3.8, 4) is 11.4 Å². The number of hydrogen-bond donors (Lipinski definition) is 1. The largest absolute Gasteiger partial charge is 0.441 e. The van der Waals surface area contributed by atoms with Gasteiger partial charge < -0.3 is 9.72 Å². The predicted molar refractivity (Wildman–Crippen MR) is 125 cm³/mol. The third kappa shape index (κ3) is 4.03. The van der Waals surface area contributed by atoms with Gasteiger partial charge in [-0.3, -0.25) is 9.69 Å². The van der Waals surface area contributed by atoms with E-state index in [1.807, 2.05) is 43.0 Å². The van der Waals surface area contributed by atoms with Crippen molar-refractivity contribution < 1.29 is 9.53 Å². The molecule has 3 heterocycles. The van der Waals surface area contributed by atoms with Crippen LogP contribution in [-0.2, 0) is 4.74 Å². The Bertz CT molecular complexity index is 1180.